The molecule has 1 aromatic rings. The molecular weight excluding hydrogens is 224 g/mol. The van der Waals surface area contributed by atoms with Crippen molar-refractivity contribution in [3.05, 3.63) is 17.2 Å². The lowest BCUT2D eigenvalue weighted by molar-refractivity contribution is -0.123. The number of aliphatic hydroxyl groups is 1. The average molecular weight is 238 g/mol. The van der Waals surface area contributed by atoms with Crippen LogP contribution in [0.5, 0.6) is 17.2 Å². The fourth-order valence-corrected chi connectivity index (χ4v) is 1.97. The van der Waals surface area contributed by atoms with Crippen molar-refractivity contribution in [1.82, 2.24) is 0 Å². The van der Waals surface area contributed by atoms with Crippen molar-refractivity contribution >= 4 is 5.78 Å². The van der Waals surface area contributed by atoms with Crippen LogP contribution in [0.2, 0.25) is 0 Å². The van der Waals surface area contributed by atoms with Crippen LogP contribution < -0.4 is 9.47 Å². The van der Waals surface area contributed by atoms with Crippen LogP contribution in [-0.2, 0) is 0 Å². The van der Waals surface area contributed by atoms with Crippen molar-refractivity contribution in [1.29, 1.82) is 0 Å². The smallest absolute Gasteiger partial charge is 0.212 e. The van der Waals surface area contributed by atoms with E-state index in [0.29, 0.717) is 11.3 Å². The van der Waals surface area contributed by atoms with E-state index in [1.54, 1.807) is 6.92 Å². The fraction of sp³-hybridized carbons (Fsp3) is 0.417. The summed E-state index contributed by atoms with van der Waals surface area (Å²) in [7, 11) is 1.46. The molecule has 0 aromatic heterocycles. The van der Waals surface area contributed by atoms with Crippen molar-refractivity contribution in [3.8, 4) is 17.2 Å². The summed E-state index contributed by atoms with van der Waals surface area (Å²) in [5.41, 5.74) is 0.684. The Hall–Kier alpha value is -1.75. The summed E-state index contributed by atoms with van der Waals surface area (Å²) in [6, 6.07) is 1.37. The Morgan fingerprint density at radius 1 is 1.53 bits per heavy atom. The van der Waals surface area contributed by atoms with Crippen LogP contribution in [0.4, 0.5) is 0 Å². The highest BCUT2D eigenvalue weighted by Gasteiger charge is 2.38. The second-order valence-corrected chi connectivity index (χ2v) is 4.30. The summed E-state index contributed by atoms with van der Waals surface area (Å²) >= 11 is 0. The number of hydrogen-bond acceptors (Lipinski definition) is 5. The Bertz CT molecular complexity index is 490. The summed E-state index contributed by atoms with van der Waals surface area (Å²) in [5, 5.41) is 19.6. The molecule has 0 bridgehead atoms. The minimum absolute atomic E-state index is 0.106. The van der Waals surface area contributed by atoms with E-state index in [1.165, 1.54) is 20.1 Å². The third-order valence-electron chi connectivity index (χ3n) is 2.77. The molecule has 2 N–H and O–H groups in total. The highest BCUT2D eigenvalue weighted by molar-refractivity contribution is 6.03. The molecule has 0 spiro atoms. The first-order chi connectivity index (χ1) is 7.85. The van der Waals surface area contributed by atoms with Gasteiger partial charge in [0.15, 0.2) is 5.78 Å². The summed E-state index contributed by atoms with van der Waals surface area (Å²) in [5.74, 6) is -1.49. The number of aromatic hydroxyl groups is 1. The summed E-state index contributed by atoms with van der Waals surface area (Å²) in [6.45, 7) is 3.11. The zero-order valence-electron chi connectivity index (χ0n) is 9.90. The molecule has 5 nitrogen and oxygen atoms in total. The van der Waals surface area contributed by atoms with E-state index >= 15 is 0 Å². The first-order valence-corrected chi connectivity index (χ1v) is 5.21. The molecule has 1 unspecified atom stereocenters. The summed E-state index contributed by atoms with van der Waals surface area (Å²) < 4.78 is 10.4. The first-order valence-electron chi connectivity index (χ1n) is 5.21. The third-order valence-corrected chi connectivity index (χ3v) is 2.77. The van der Waals surface area contributed by atoms with Gasteiger partial charge in [-0.1, -0.05) is 0 Å². The lowest BCUT2D eigenvalue weighted by Gasteiger charge is -2.31. The van der Waals surface area contributed by atoms with E-state index in [0.717, 1.165) is 0 Å². The second-order valence-electron chi connectivity index (χ2n) is 4.30. The van der Waals surface area contributed by atoms with Crippen LogP contribution in [0.3, 0.4) is 0 Å². The number of ketones is 1. The van der Waals surface area contributed by atoms with Gasteiger partial charge in [-0.05, 0) is 6.92 Å². The van der Waals surface area contributed by atoms with E-state index in [2.05, 4.69) is 0 Å². The van der Waals surface area contributed by atoms with Gasteiger partial charge < -0.3 is 19.7 Å². The monoisotopic (exact) mass is 238 g/mol. The van der Waals surface area contributed by atoms with E-state index < -0.39 is 5.79 Å². The number of fused-ring (bicyclic) bond motifs is 1. The number of ether oxygens (including phenoxy) is 2. The third kappa shape index (κ3) is 1.82. The van der Waals surface area contributed by atoms with Gasteiger partial charge in [0.1, 0.15) is 22.8 Å². The van der Waals surface area contributed by atoms with Crippen molar-refractivity contribution < 1.29 is 24.5 Å². The average Bonchev–Trinajstić information content (AvgIpc) is 2.20. The quantitative estimate of drug-likeness (QED) is 0.773. The number of phenols is 1. The zero-order valence-corrected chi connectivity index (χ0v) is 9.90. The Morgan fingerprint density at radius 3 is 2.76 bits per heavy atom. The number of methoxy groups -OCH3 is 1. The normalized spacial score (nSPS) is 22.9. The second kappa shape index (κ2) is 3.63. The Morgan fingerprint density at radius 2 is 2.18 bits per heavy atom. The maximum absolute atomic E-state index is 11.8. The lowest BCUT2D eigenvalue weighted by Crippen LogP contribution is -2.39. The standard InChI is InChI=1S/C12H14O5/c1-6-9(16-3)4-7(13)10-8(14)5-12(2,15)17-11(6)10/h4,13,15H,5H2,1-3H3. The van der Waals surface area contributed by atoms with Crippen LogP contribution in [0, 0.1) is 6.92 Å². The summed E-state index contributed by atoms with van der Waals surface area (Å²) in [6.07, 6.45) is -0.181. The molecule has 0 aliphatic carbocycles. The minimum atomic E-state index is -1.55. The zero-order chi connectivity index (χ0) is 12.8. The minimum Gasteiger partial charge on any atom is -0.507 e. The molecule has 0 saturated carbocycles. The van der Waals surface area contributed by atoms with Crippen molar-refractivity contribution in [2.75, 3.05) is 7.11 Å². The largest absolute Gasteiger partial charge is 0.507 e. The van der Waals surface area contributed by atoms with E-state index in [1.807, 2.05) is 0 Å². The molecule has 0 amide bonds. The van der Waals surface area contributed by atoms with Gasteiger partial charge in [0.25, 0.3) is 0 Å². The topological polar surface area (TPSA) is 76.0 Å². The number of hydrogen-bond donors (Lipinski definition) is 2. The molecule has 1 atom stereocenters. The number of benzene rings is 1. The molecule has 1 heterocycles. The van der Waals surface area contributed by atoms with Crippen molar-refractivity contribution in [2.45, 2.75) is 26.1 Å². The lowest BCUT2D eigenvalue weighted by atomic mass is 9.95. The molecular formula is C12H14O5. The Labute approximate surface area is 98.6 Å². The SMILES string of the molecule is COc1cc(O)c2c(c1C)OC(C)(O)CC2=O. The molecule has 92 valence electrons. The predicted octanol–water partition coefficient (Wildman–Crippen LogP) is 1.38. The maximum atomic E-state index is 11.8. The number of rotatable bonds is 1. The van der Waals surface area contributed by atoms with E-state index in [4.69, 9.17) is 9.47 Å². The van der Waals surface area contributed by atoms with Gasteiger partial charge in [-0.15, -0.1) is 0 Å². The van der Waals surface area contributed by atoms with Crippen LogP contribution >= 0.6 is 0 Å². The van der Waals surface area contributed by atoms with Gasteiger partial charge in [-0.25, -0.2) is 0 Å². The van der Waals surface area contributed by atoms with Crippen LogP contribution in [0.1, 0.15) is 29.3 Å². The van der Waals surface area contributed by atoms with Gasteiger partial charge in [-0.2, -0.15) is 0 Å². The Kier molecular flexibility index (Phi) is 2.50. The van der Waals surface area contributed by atoms with Crippen molar-refractivity contribution in [3.63, 3.8) is 0 Å². The first kappa shape index (κ1) is 11.7. The van der Waals surface area contributed by atoms with Crippen LogP contribution in [0.15, 0.2) is 6.07 Å². The Balaban J connectivity index is 2.68. The van der Waals surface area contributed by atoms with Gasteiger partial charge in [0.2, 0.25) is 5.79 Å². The number of phenolic OH excluding ortho intramolecular Hbond substituents is 1. The van der Waals surface area contributed by atoms with E-state index in [9.17, 15) is 15.0 Å². The number of carbonyl (C=O) groups excluding carboxylic acids is 1. The molecule has 17 heavy (non-hydrogen) atoms. The predicted molar refractivity (Wildman–Crippen MR) is 59.6 cm³/mol. The number of carbonyl (C=O) groups is 1. The molecule has 1 aliphatic heterocycles. The van der Waals surface area contributed by atoms with Crippen LogP contribution in [0.25, 0.3) is 0 Å². The maximum Gasteiger partial charge on any atom is 0.212 e. The van der Waals surface area contributed by atoms with Crippen LogP contribution in [-0.4, -0.2) is 28.9 Å². The summed E-state index contributed by atoms with van der Waals surface area (Å²) in [4.78, 5) is 11.8. The van der Waals surface area contributed by atoms with Gasteiger partial charge >= 0.3 is 0 Å². The van der Waals surface area contributed by atoms with E-state index in [-0.39, 0.29) is 29.3 Å². The van der Waals surface area contributed by atoms with Crippen molar-refractivity contribution in [2.24, 2.45) is 0 Å². The van der Waals surface area contributed by atoms with Gasteiger partial charge in [0, 0.05) is 18.6 Å². The highest BCUT2D eigenvalue weighted by Crippen LogP contribution is 2.43. The molecule has 0 fully saturated rings. The van der Waals surface area contributed by atoms with Gasteiger partial charge in [0.05, 0.1) is 13.5 Å². The number of Topliss-reactive ketones (excluding diaryl/α,β-unsaturated/α-hetero) is 1. The highest BCUT2D eigenvalue weighted by atomic mass is 16.6. The molecule has 5 heteroatoms. The molecule has 1 aliphatic rings. The fourth-order valence-electron chi connectivity index (χ4n) is 1.97. The molecule has 0 saturated heterocycles. The molecule has 0 radical (unpaired) electrons. The molecule has 1 aromatic carbocycles. The molecule has 2 rings (SSSR count). The van der Waals surface area contributed by atoms with Gasteiger partial charge in [-0.3, -0.25) is 4.79 Å².